The first kappa shape index (κ1) is 24.3. The van der Waals surface area contributed by atoms with Crippen molar-refractivity contribution in [2.45, 2.75) is 24.9 Å². The summed E-state index contributed by atoms with van der Waals surface area (Å²) in [5.41, 5.74) is 1.28. The molecule has 1 heterocycles. The van der Waals surface area contributed by atoms with Crippen molar-refractivity contribution in [2.24, 2.45) is 0 Å². The van der Waals surface area contributed by atoms with Gasteiger partial charge in [0.15, 0.2) is 0 Å². The molecule has 0 aromatic heterocycles. The number of benzene rings is 3. The molecule has 1 saturated heterocycles. The fourth-order valence-corrected chi connectivity index (χ4v) is 4.38. The van der Waals surface area contributed by atoms with Crippen LogP contribution in [0.5, 0.6) is 5.75 Å². The molecule has 1 aliphatic rings. The molecule has 7 nitrogen and oxygen atoms in total. The monoisotopic (exact) mass is 491 g/mol. The first-order chi connectivity index (χ1) is 16.8. The van der Waals surface area contributed by atoms with Gasteiger partial charge in [-0.2, -0.15) is 0 Å². The number of imide groups is 1. The van der Waals surface area contributed by atoms with E-state index in [9.17, 15) is 14.4 Å². The number of methoxy groups -OCH3 is 1. The van der Waals surface area contributed by atoms with Crippen molar-refractivity contribution in [3.8, 4) is 5.75 Å². The van der Waals surface area contributed by atoms with Gasteiger partial charge in [0.1, 0.15) is 17.8 Å². The Morgan fingerprint density at radius 3 is 2.31 bits per heavy atom. The van der Waals surface area contributed by atoms with E-state index in [1.807, 2.05) is 60.7 Å². The lowest BCUT2D eigenvalue weighted by Crippen LogP contribution is -2.47. The van der Waals surface area contributed by atoms with Crippen LogP contribution in [0.25, 0.3) is 0 Å². The lowest BCUT2D eigenvalue weighted by atomic mass is 9.92. The van der Waals surface area contributed by atoms with Gasteiger partial charge in [0, 0.05) is 11.4 Å². The van der Waals surface area contributed by atoms with Gasteiger partial charge >= 0.3 is 6.03 Å². The topological polar surface area (TPSA) is 87.7 Å². The molecule has 8 heteroatoms. The van der Waals surface area contributed by atoms with Crippen LogP contribution in [0.3, 0.4) is 0 Å². The minimum Gasteiger partial charge on any atom is -0.496 e. The van der Waals surface area contributed by atoms with E-state index in [-0.39, 0.29) is 6.42 Å². The molecule has 35 heavy (non-hydrogen) atoms. The van der Waals surface area contributed by atoms with E-state index in [1.54, 1.807) is 32.2 Å². The van der Waals surface area contributed by atoms with Gasteiger partial charge in [0.25, 0.3) is 5.91 Å². The maximum atomic E-state index is 13.2. The number of carbonyl (C=O) groups is 3. The Labute approximate surface area is 209 Å². The van der Waals surface area contributed by atoms with Crippen LogP contribution in [0.1, 0.15) is 29.7 Å². The highest BCUT2D eigenvalue weighted by Crippen LogP contribution is 2.28. The zero-order chi connectivity index (χ0) is 25.0. The second kappa shape index (κ2) is 10.2. The number of nitrogens with one attached hydrogen (secondary N) is 2. The Balaban J connectivity index is 1.51. The SMILES string of the molecule is COc1ccccc1C[C@]1(C)NC(=O)N(CC(=O)N[C@@H](c2ccccc2)c2ccc(Cl)cc2)C1=O. The van der Waals surface area contributed by atoms with Crippen LogP contribution in [0.2, 0.25) is 5.02 Å². The zero-order valence-corrected chi connectivity index (χ0v) is 20.2. The lowest BCUT2D eigenvalue weighted by Gasteiger charge is -2.23. The number of carbonyl (C=O) groups excluding carboxylic acids is 3. The van der Waals surface area contributed by atoms with Gasteiger partial charge in [-0.3, -0.25) is 14.5 Å². The van der Waals surface area contributed by atoms with Crippen LogP contribution in [-0.4, -0.2) is 41.9 Å². The Bertz CT molecular complexity index is 1230. The molecule has 4 rings (SSSR count). The van der Waals surface area contributed by atoms with E-state index in [0.717, 1.165) is 21.6 Å². The first-order valence-corrected chi connectivity index (χ1v) is 11.5. The summed E-state index contributed by atoms with van der Waals surface area (Å²) >= 11 is 6.03. The largest absolute Gasteiger partial charge is 0.496 e. The fraction of sp³-hybridized carbons (Fsp3) is 0.222. The van der Waals surface area contributed by atoms with E-state index in [2.05, 4.69) is 10.6 Å². The van der Waals surface area contributed by atoms with E-state index in [0.29, 0.717) is 10.8 Å². The number of para-hydroxylation sites is 1. The number of nitrogens with zero attached hydrogens (tertiary/aromatic N) is 1. The van der Waals surface area contributed by atoms with Crippen LogP contribution in [-0.2, 0) is 16.0 Å². The number of rotatable bonds is 8. The van der Waals surface area contributed by atoms with Crippen molar-refractivity contribution >= 4 is 29.4 Å². The summed E-state index contributed by atoms with van der Waals surface area (Å²) in [5.74, 6) is -0.300. The van der Waals surface area contributed by atoms with Crippen molar-refractivity contribution in [1.29, 1.82) is 0 Å². The summed E-state index contributed by atoms with van der Waals surface area (Å²) in [6.45, 7) is 1.25. The Hall–Kier alpha value is -3.84. The fourth-order valence-electron chi connectivity index (χ4n) is 4.25. The maximum absolute atomic E-state index is 13.2. The average Bonchev–Trinajstić information content (AvgIpc) is 3.06. The molecule has 0 aliphatic carbocycles. The zero-order valence-electron chi connectivity index (χ0n) is 19.5. The lowest BCUT2D eigenvalue weighted by molar-refractivity contribution is -0.134. The van der Waals surface area contributed by atoms with Gasteiger partial charge in [-0.15, -0.1) is 0 Å². The van der Waals surface area contributed by atoms with Crippen LogP contribution in [0.4, 0.5) is 4.79 Å². The molecule has 3 aromatic carbocycles. The van der Waals surface area contributed by atoms with Gasteiger partial charge < -0.3 is 15.4 Å². The molecule has 1 aliphatic heterocycles. The number of ether oxygens (including phenoxy) is 1. The molecular formula is C27H26ClN3O4. The summed E-state index contributed by atoms with van der Waals surface area (Å²) in [7, 11) is 1.55. The summed E-state index contributed by atoms with van der Waals surface area (Å²) in [6, 6.07) is 22.9. The van der Waals surface area contributed by atoms with Crippen LogP contribution in [0, 0.1) is 0 Å². The third-order valence-corrected chi connectivity index (χ3v) is 6.28. The van der Waals surface area contributed by atoms with Gasteiger partial charge in [0.05, 0.1) is 13.2 Å². The van der Waals surface area contributed by atoms with E-state index < -0.39 is 36.0 Å². The molecule has 3 aromatic rings. The minimum absolute atomic E-state index is 0.233. The molecule has 0 unspecified atom stereocenters. The summed E-state index contributed by atoms with van der Waals surface area (Å²) in [5, 5.41) is 6.29. The quantitative estimate of drug-likeness (QED) is 0.464. The third-order valence-electron chi connectivity index (χ3n) is 6.02. The molecule has 180 valence electrons. The highest BCUT2D eigenvalue weighted by molar-refractivity contribution is 6.30. The predicted octanol–water partition coefficient (Wildman–Crippen LogP) is 4.11. The predicted molar refractivity (Wildman–Crippen MR) is 133 cm³/mol. The van der Waals surface area contributed by atoms with E-state index in [4.69, 9.17) is 16.3 Å². The van der Waals surface area contributed by atoms with E-state index in [1.165, 1.54) is 0 Å². The van der Waals surface area contributed by atoms with Gasteiger partial charge in [-0.1, -0.05) is 72.3 Å². The molecular weight excluding hydrogens is 466 g/mol. The standard InChI is InChI=1S/C27H26ClN3O4/c1-27(16-20-10-6-7-11-22(20)35-2)25(33)31(26(34)30-27)17-23(32)29-24(18-8-4-3-5-9-18)19-12-14-21(28)15-13-19/h3-15,24H,16-17H2,1-2H3,(H,29,32)(H,30,34)/t24-,27-/m0/s1. The van der Waals surface area contributed by atoms with Crippen LogP contribution in [0.15, 0.2) is 78.9 Å². The molecule has 0 bridgehead atoms. The number of amides is 4. The Morgan fingerprint density at radius 2 is 1.63 bits per heavy atom. The Morgan fingerprint density at radius 1 is 1.00 bits per heavy atom. The minimum atomic E-state index is -1.19. The molecule has 2 atom stereocenters. The van der Waals surface area contributed by atoms with Crippen molar-refractivity contribution in [3.63, 3.8) is 0 Å². The number of hydrogen-bond acceptors (Lipinski definition) is 4. The van der Waals surface area contributed by atoms with Crippen molar-refractivity contribution < 1.29 is 19.1 Å². The number of hydrogen-bond donors (Lipinski definition) is 2. The van der Waals surface area contributed by atoms with Crippen molar-refractivity contribution in [2.75, 3.05) is 13.7 Å². The maximum Gasteiger partial charge on any atom is 0.325 e. The van der Waals surface area contributed by atoms with Gasteiger partial charge in [-0.05, 0) is 41.8 Å². The molecule has 1 fully saturated rings. The average molecular weight is 492 g/mol. The van der Waals surface area contributed by atoms with Crippen molar-refractivity contribution in [1.82, 2.24) is 15.5 Å². The van der Waals surface area contributed by atoms with Gasteiger partial charge in [-0.25, -0.2) is 4.79 Å². The molecule has 4 amide bonds. The number of urea groups is 1. The smallest absolute Gasteiger partial charge is 0.325 e. The molecule has 0 radical (unpaired) electrons. The summed E-state index contributed by atoms with van der Waals surface area (Å²) < 4.78 is 5.38. The Kier molecular flexibility index (Phi) is 7.07. The first-order valence-electron chi connectivity index (χ1n) is 11.2. The summed E-state index contributed by atoms with van der Waals surface area (Å²) in [4.78, 5) is 40.0. The highest BCUT2D eigenvalue weighted by Gasteiger charge is 2.48. The van der Waals surface area contributed by atoms with Gasteiger partial charge in [0.2, 0.25) is 5.91 Å². The molecule has 0 spiro atoms. The second-order valence-electron chi connectivity index (χ2n) is 8.60. The van der Waals surface area contributed by atoms with Crippen LogP contribution < -0.4 is 15.4 Å². The second-order valence-corrected chi connectivity index (χ2v) is 9.04. The number of halogens is 1. The summed E-state index contributed by atoms with van der Waals surface area (Å²) in [6.07, 6.45) is 0.233. The third kappa shape index (κ3) is 5.30. The van der Waals surface area contributed by atoms with E-state index >= 15 is 0 Å². The highest BCUT2D eigenvalue weighted by atomic mass is 35.5. The normalized spacial score (nSPS) is 18.2. The molecule has 2 N–H and O–H groups in total. The van der Waals surface area contributed by atoms with Crippen molar-refractivity contribution in [3.05, 3.63) is 101 Å². The van der Waals surface area contributed by atoms with Crippen LogP contribution >= 0.6 is 11.6 Å². The molecule has 0 saturated carbocycles.